The number of alkyl halides is 1. The van der Waals surface area contributed by atoms with Crippen LogP contribution >= 0.6 is 0 Å². The van der Waals surface area contributed by atoms with Gasteiger partial charge in [-0.15, -0.1) is 0 Å². The Morgan fingerprint density at radius 2 is 2.19 bits per heavy atom. The highest BCUT2D eigenvalue weighted by molar-refractivity contribution is 5.81. The van der Waals surface area contributed by atoms with Crippen LogP contribution in [0.15, 0.2) is 18.3 Å². The molecular formula is C12H19FN2O. The van der Waals surface area contributed by atoms with E-state index in [0.717, 1.165) is 5.69 Å². The lowest BCUT2D eigenvalue weighted by Crippen LogP contribution is -2.34. The summed E-state index contributed by atoms with van der Waals surface area (Å²) in [5, 5.41) is 2.84. The summed E-state index contributed by atoms with van der Waals surface area (Å²) in [5.74, 6) is 0.000462. The van der Waals surface area contributed by atoms with E-state index in [-0.39, 0.29) is 5.91 Å². The topological polar surface area (TPSA) is 34.0 Å². The second-order valence-electron chi connectivity index (χ2n) is 4.81. The van der Waals surface area contributed by atoms with Crippen molar-refractivity contribution >= 4 is 5.91 Å². The minimum absolute atomic E-state index is 0.000462. The van der Waals surface area contributed by atoms with Gasteiger partial charge >= 0.3 is 0 Å². The summed E-state index contributed by atoms with van der Waals surface area (Å²) in [6.45, 7) is 5.99. The molecule has 0 bridgehead atoms. The van der Waals surface area contributed by atoms with E-state index in [4.69, 9.17) is 0 Å². The normalized spacial score (nSPS) is 11.5. The highest BCUT2D eigenvalue weighted by Crippen LogP contribution is 2.13. The summed E-state index contributed by atoms with van der Waals surface area (Å²) >= 11 is 0. The Kier molecular flexibility index (Phi) is 4.10. The van der Waals surface area contributed by atoms with Gasteiger partial charge in [0.1, 0.15) is 6.67 Å². The number of hydrogen-bond donors (Lipinski definition) is 1. The molecule has 3 nitrogen and oxygen atoms in total. The molecule has 0 saturated carbocycles. The zero-order chi connectivity index (χ0) is 12.2. The van der Waals surface area contributed by atoms with Gasteiger partial charge in [0.2, 0.25) is 5.91 Å². The van der Waals surface area contributed by atoms with Crippen LogP contribution in [0, 0.1) is 5.41 Å². The number of carbonyl (C=O) groups excluding carboxylic acids is 1. The van der Waals surface area contributed by atoms with Crippen LogP contribution < -0.4 is 5.32 Å². The third-order valence-corrected chi connectivity index (χ3v) is 2.36. The Labute approximate surface area is 95.6 Å². The van der Waals surface area contributed by atoms with Gasteiger partial charge in [0.25, 0.3) is 0 Å². The Morgan fingerprint density at radius 3 is 2.75 bits per heavy atom. The molecule has 1 aromatic rings. The molecule has 0 spiro atoms. The lowest BCUT2D eigenvalue weighted by atomic mass is 9.96. The van der Waals surface area contributed by atoms with E-state index >= 15 is 0 Å². The van der Waals surface area contributed by atoms with Crippen molar-refractivity contribution in [1.29, 1.82) is 0 Å². The molecule has 0 radical (unpaired) electrons. The van der Waals surface area contributed by atoms with Crippen molar-refractivity contribution in [2.45, 2.75) is 33.9 Å². The maximum Gasteiger partial charge on any atom is 0.225 e. The first kappa shape index (κ1) is 12.7. The number of carbonyl (C=O) groups is 1. The first-order valence-corrected chi connectivity index (χ1v) is 5.43. The van der Waals surface area contributed by atoms with Crippen molar-refractivity contribution in [3.8, 4) is 0 Å². The average molecular weight is 226 g/mol. The molecular weight excluding hydrogens is 207 g/mol. The second kappa shape index (κ2) is 5.14. The van der Waals surface area contributed by atoms with Gasteiger partial charge in [0, 0.05) is 17.3 Å². The fraction of sp³-hybridized carbons (Fsp3) is 0.583. The Hall–Kier alpha value is -1.32. The van der Waals surface area contributed by atoms with Gasteiger partial charge in [0.15, 0.2) is 0 Å². The number of aryl methyl sites for hydroxylation is 1. The molecule has 0 atom stereocenters. The number of nitrogens with one attached hydrogen (secondary N) is 1. The average Bonchev–Trinajstić information content (AvgIpc) is 2.61. The van der Waals surface area contributed by atoms with Gasteiger partial charge in [-0.05, 0) is 12.1 Å². The molecule has 0 aliphatic carbocycles. The first-order valence-electron chi connectivity index (χ1n) is 5.43. The number of hydrogen-bond acceptors (Lipinski definition) is 1. The van der Waals surface area contributed by atoms with Gasteiger partial charge in [-0.3, -0.25) is 4.79 Å². The molecule has 0 aliphatic heterocycles. The van der Waals surface area contributed by atoms with Crippen LogP contribution in [0.5, 0.6) is 0 Å². The summed E-state index contributed by atoms with van der Waals surface area (Å²) in [4.78, 5) is 11.6. The Bertz CT molecular complexity index is 352. The minimum Gasteiger partial charge on any atom is -0.350 e. The summed E-state index contributed by atoms with van der Waals surface area (Å²) in [6.07, 6.45) is 1.82. The number of aromatic nitrogens is 1. The Morgan fingerprint density at radius 1 is 1.50 bits per heavy atom. The van der Waals surface area contributed by atoms with Gasteiger partial charge in [-0.2, -0.15) is 0 Å². The monoisotopic (exact) mass is 226 g/mol. The Balaban J connectivity index is 2.54. The van der Waals surface area contributed by atoms with Crippen molar-refractivity contribution in [3.63, 3.8) is 0 Å². The zero-order valence-electron chi connectivity index (χ0n) is 10.1. The zero-order valence-corrected chi connectivity index (χ0v) is 10.1. The highest BCUT2D eigenvalue weighted by Gasteiger charge is 2.20. The van der Waals surface area contributed by atoms with Crippen molar-refractivity contribution in [3.05, 3.63) is 24.0 Å². The quantitative estimate of drug-likeness (QED) is 0.838. The predicted molar refractivity (Wildman–Crippen MR) is 61.7 cm³/mol. The smallest absolute Gasteiger partial charge is 0.225 e. The minimum atomic E-state index is -0.394. The molecule has 1 aromatic heterocycles. The maximum absolute atomic E-state index is 12.2. The SMILES string of the molecule is CC(C)(C)C(=O)NCc1cccn1CCF. The molecule has 90 valence electrons. The second-order valence-corrected chi connectivity index (χ2v) is 4.81. The van der Waals surface area contributed by atoms with E-state index < -0.39 is 12.1 Å². The molecule has 0 aromatic carbocycles. The summed E-state index contributed by atoms with van der Waals surface area (Å²) in [7, 11) is 0. The van der Waals surface area contributed by atoms with Gasteiger partial charge in [-0.25, -0.2) is 4.39 Å². The van der Waals surface area contributed by atoms with Gasteiger partial charge < -0.3 is 9.88 Å². The van der Waals surface area contributed by atoms with E-state index in [2.05, 4.69) is 5.32 Å². The fourth-order valence-corrected chi connectivity index (χ4v) is 1.36. The van der Waals surface area contributed by atoms with Crippen LogP contribution in [0.1, 0.15) is 26.5 Å². The van der Waals surface area contributed by atoms with Crippen LogP contribution in [0.3, 0.4) is 0 Å². The summed E-state index contributed by atoms with van der Waals surface area (Å²) in [5.41, 5.74) is 0.535. The summed E-state index contributed by atoms with van der Waals surface area (Å²) < 4.78 is 14.0. The maximum atomic E-state index is 12.2. The molecule has 0 saturated heterocycles. The molecule has 1 N–H and O–H groups in total. The van der Waals surface area contributed by atoms with Crippen LogP contribution in [-0.2, 0) is 17.9 Å². The molecule has 1 rings (SSSR count). The van der Waals surface area contributed by atoms with Crippen LogP contribution in [0.2, 0.25) is 0 Å². The number of nitrogens with zero attached hydrogens (tertiary/aromatic N) is 1. The van der Waals surface area contributed by atoms with Crippen molar-refractivity contribution in [2.75, 3.05) is 6.67 Å². The van der Waals surface area contributed by atoms with E-state index in [0.29, 0.717) is 13.1 Å². The molecule has 4 heteroatoms. The molecule has 16 heavy (non-hydrogen) atoms. The van der Waals surface area contributed by atoms with Crippen LogP contribution in [0.4, 0.5) is 4.39 Å². The molecule has 0 fully saturated rings. The fourth-order valence-electron chi connectivity index (χ4n) is 1.36. The van der Waals surface area contributed by atoms with E-state index in [1.807, 2.05) is 43.7 Å². The van der Waals surface area contributed by atoms with Crippen molar-refractivity contribution in [2.24, 2.45) is 5.41 Å². The number of halogens is 1. The van der Waals surface area contributed by atoms with E-state index in [1.165, 1.54) is 0 Å². The van der Waals surface area contributed by atoms with Crippen molar-refractivity contribution in [1.82, 2.24) is 9.88 Å². The number of amides is 1. The molecule has 1 amide bonds. The highest BCUT2D eigenvalue weighted by atomic mass is 19.1. The van der Waals surface area contributed by atoms with Crippen molar-refractivity contribution < 1.29 is 9.18 Å². The lowest BCUT2D eigenvalue weighted by Gasteiger charge is -2.18. The first-order chi connectivity index (χ1) is 7.45. The number of rotatable bonds is 4. The largest absolute Gasteiger partial charge is 0.350 e. The third-order valence-electron chi connectivity index (χ3n) is 2.36. The van der Waals surface area contributed by atoms with Crippen LogP contribution in [-0.4, -0.2) is 17.1 Å². The molecule has 1 heterocycles. The lowest BCUT2D eigenvalue weighted by molar-refractivity contribution is -0.128. The van der Waals surface area contributed by atoms with E-state index in [1.54, 1.807) is 0 Å². The van der Waals surface area contributed by atoms with Gasteiger partial charge in [-0.1, -0.05) is 20.8 Å². The third kappa shape index (κ3) is 3.36. The van der Waals surface area contributed by atoms with E-state index in [9.17, 15) is 9.18 Å². The van der Waals surface area contributed by atoms with Crippen LogP contribution in [0.25, 0.3) is 0 Å². The molecule has 0 unspecified atom stereocenters. The summed E-state index contributed by atoms with van der Waals surface area (Å²) in [6, 6.07) is 3.74. The predicted octanol–water partition coefficient (Wildman–Crippen LogP) is 2.12. The standard InChI is InChI=1S/C12H19FN2O/c1-12(2,3)11(16)14-9-10-5-4-7-15(10)8-6-13/h4-5,7H,6,8-9H2,1-3H3,(H,14,16). The molecule has 0 aliphatic rings. The van der Waals surface area contributed by atoms with Gasteiger partial charge in [0.05, 0.1) is 13.1 Å².